The fraction of sp³-hybridized carbons (Fsp3) is 0.188. The van der Waals surface area contributed by atoms with Gasteiger partial charge in [0.05, 0.1) is 0 Å². The number of benzene rings is 2. The third-order valence-electron chi connectivity index (χ3n) is 2.81. The van der Waals surface area contributed by atoms with Gasteiger partial charge in [-0.15, -0.1) is 0 Å². The van der Waals surface area contributed by atoms with Gasteiger partial charge in [0.25, 0.3) is 0 Å². The molecule has 0 spiro atoms. The summed E-state index contributed by atoms with van der Waals surface area (Å²) in [5.41, 5.74) is 1.91. The minimum absolute atomic E-state index is 0.253. The second-order valence-corrected chi connectivity index (χ2v) is 4.36. The molecule has 0 heterocycles. The molecule has 0 aromatic heterocycles. The molecule has 0 fully saturated rings. The molecule has 0 unspecified atom stereocenters. The third-order valence-corrected chi connectivity index (χ3v) is 2.81. The molecule has 1 amide bonds. The van der Waals surface area contributed by atoms with Gasteiger partial charge in [0, 0.05) is 6.54 Å². The molecule has 1 N–H and O–H groups in total. The van der Waals surface area contributed by atoms with Gasteiger partial charge in [-0.2, -0.15) is 0 Å². The van der Waals surface area contributed by atoms with Gasteiger partial charge in [-0.05, 0) is 29.7 Å². The van der Waals surface area contributed by atoms with Crippen LogP contribution in [-0.2, 0) is 17.8 Å². The van der Waals surface area contributed by atoms with Crippen molar-refractivity contribution in [2.24, 2.45) is 0 Å². The predicted molar refractivity (Wildman–Crippen MR) is 74.7 cm³/mol. The number of ether oxygens (including phenoxy) is 1. The Labute approximate surface area is 117 Å². The highest BCUT2D eigenvalue weighted by atomic mass is 19.1. The molecule has 0 aliphatic heterocycles. The molecule has 0 saturated carbocycles. The molecule has 20 heavy (non-hydrogen) atoms. The van der Waals surface area contributed by atoms with Gasteiger partial charge in [0.15, 0.2) is 0 Å². The molecule has 2 aromatic rings. The van der Waals surface area contributed by atoms with E-state index >= 15 is 0 Å². The predicted octanol–water partition coefficient (Wildman–Crippen LogP) is 3.29. The number of carbonyl (C=O) groups excluding carboxylic acids is 1. The minimum Gasteiger partial charge on any atom is -0.445 e. The van der Waals surface area contributed by atoms with Crippen LogP contribution in [0.3, 0.4) is 0 Å². The second-order valence-electron chi connectivity index (χ2n) is 4.36. The van der Waals surface area contributed by atoms with Crippen LogP contribution in [0.4, 0.5) is 9.18 Å². The summed E-state index contributed by atoms with van der Waals surface area (Å²) in [5.74, 6) is -0.260. The lowest BCUT2D eigenvalue weighted by molar-refractivity contribution is 0.140. The first-order valence-electron chi connectivity index (χ1n) is 6.43. The van der Waals surface area contributed by atoms with Crippen molar-refractivity contribution < 1.29 is 13.9 Å². The summed E-state index contributed by atoms with van der Waals surface area (Å²) in [6.07, 6.45) is 0.191. The summed E-state index contributed by atoms with van der Waals surface area (Å²) in [6, 6.07) is 15.7. The molecular weight excluding hydrogens is 257 g/mol. The fourth-order valence-electron chi connectivity index (χ4n) is 1.73. The summed E-state index contributed by atoms with van der Waals surface area (Å²) < 4.78 is 17.8. The van der Waals surface area contributed by atoms with Crippen LogP contribution in [0.1, 0.15) is 11.1 Å². The van der Waals surface area contributed by atoms with Gasteiger partial charge in [0.2, 0.25) is 0 Å². The molecule has 104 valence electrons. The van der Waals surface area contributed by atoms with Crippen LogP contribution < -0.4 is 5.32 Å². The normalized spacial score (nSPS) is 10.1. The van der Waals surface area contributed by atoms with Crippen molar-refractivity contribution in [1.29, 1.82) is 0 Å². The number of carbonyl (C=O) groups is 1. The number of halogens is 1. The van der Waals surface area contributed by atoms with Crippen LogP contribution in [0.15, 0.2) is 54.6 Å². The Kier molecular flexibility index (Phi) is 5.12. The Hall–Kier alpha value is -2.36. The average molecular weight is 273 g/mol. The van der Waals surface area contributed by atoms with Gasteiger partial charge in [-0.3, -0.25) is 0 Å². The van der Waals surface area contributed by atoms with E-state index < -0.39 is 6.09 Å². The topological polar surface area (TPSA) is 38.3 Å². The van der Waals surface area contributed by atoms with Crippen LogP contribution in [0.5, 0.6) is 0 Å². The van der Waals surface area contributed by atoms with E-state index in [2.05, 4.69) is 5.32 Å². The monoisotopic (exact) mass is 273 g/mol. The number of hydrogen-bond donors (Lipinski definition) is 1. The highest BCUT2D eigenvalue weighted by molar-refractivity contribution is 5.67. The summed E-state index contributed by atoms with van der Waals surface area (Å²) in [5, 5.41) is 2.66. The molecule has 3 nitrogen and oxygen atoms in total. The molecule has 0 aliphatic rings. The second kappa shape index (κ2) is 7.28. The molecule has 4 heteroatoms. The van der Waals surface area contributed by atoms with E-state index in [9.17, 15) is 9.18 Å². The maximum Gasteiger partial charge on any atom is 0.407 e. The standard InChI is InChI=1S/C16H16FNO2/c17-15-8-6-13(7-9-15)10-11-18-16(19)20-12-14-4-2-1-3-5-14/h1-9H,10-12H2,(H,18,19). The lowest BCUT2D eigenvalue weighted by atomic mass is 10.1. The van der Waals surface area contributed by atoms with Gasteiger partial charge in [-0.1, -0.05) is 42.5 Å². The van der Waals surface area contributed by atoms with E-state index in [1.807, 2.05) is 30.3 Å². The molecule has 0 atom stereocenters. The Morgan fingerprint density at radius 1 is 1.00 bits per heavy atom. The Bertz CT molecular complexity index is 540. The van der Waals surface area contributed by atoms with Crippen molar-refractivity contribution >= 4 is 6.09 Å². The lowest BCUT2D eigenvalue weighted by Crippen LogP contribution is -2.26. The van der Waals surface area contributed by atoms with E-state index in [-0.39, 0.29) is 12.4 Å². The van der Waals surface area contributed by atoms with Gasteiger partial charge < -0.3 is 10.1 Å². The summed E-state index contributed by atoms with van der Waals surface area (Å²) in [4.78, 5) is 11.5. The zero-order valence-corrected chi connectivity index (χ0v) is 11.0. The van der Waals surface area contributed by atoms with E-state index in [1.54, 1.807) is 12.1 Å². The van der Waals surface area contributed by atoms with Crippen molar-refractivity contribution in [3.8, 4) is 0 Å². The SMILES string of the molecule is O=C(NCCc1ccc(F)cc1)OCc1ccccc1. The highest BCUT2D eigenvalue weighted by Gasteiger charge is 2.02. The third kappa shape index (κ3) is 4.72. The Morgan fingerprint density at radius 2 is 1.70 bits per heavy atom. The lowest BCUT2D eigenvalue weighted by Gasteiger charge is -2.07. The van der Waals surface area contributed by atoms with Crippen molar-refractivity contribution in [2.75, 3.05) is 6.54 Å². The number of hydrogen-bond acceptors (Lipinski definition) is 2. The molecule has 0 radical (unpaired) electrons. The minimum atomic E-state index is -0.448. The zero-order valence-electron chi connectivity index (χ0n) is 11.0. The van der Waals surface area contributed by atoms with Crippen molar-refractivity contribution in [3.05, 3.63) is 71.5 Å². The first-order chi connectivity index (χ1) is 9.74. The molecule has 2 rings (SSSR count). The van der Waals surface area contributed by atoms with Gasteiger partial charge in [-0.25, -0.2) is 9.18 Å². The van der Waals surface area contributed by atoms with Crippen LogP contribution in [-0.4, -0.2) is 12.6 Å². The van der Waals surface area contributed by atoms with Crippen LogP contribution >= 0.6 is 0 Å². The van der Waals surface area contributed by atoms with Gasteiger partial charge in [0.1, 0.15) is 12.4 Å². The quantitative estimate of drug-likeness (QED) is 0.907. The average Bonchev–Trinajstić information content (AvgIpc) is 2.48. The van der Waals surface area contributed by atoms with Gasteiger partial charge >= 0.3 is 6.09 Å². The molecule has 0 bridgehead atoms. The Morgan fingerprint density at radius 3 is 2.40 bits per heavy atom. The van der Waals surface area contributed by atoms with E-state index in [4.69, 9.17) is 4.74 Å². The first-order valence-corrected chi connectivity index (χ1v) is 6.43. The molecule has 2 aromatic carbocycles. The van der Waals surface area contributed by atoms with E-state index in [1.165, 1.54) is 12.1 Å². The maximum atomic E-state index is 12.7. The van der Waals surface area contributed by atoms with Crippen LogP contribution in [0.25, 0.3) is 0 Å². The van der Waals surface area contributed by atoms with Crippen molar-refractivity contribution in [1.82, 2.24) is 5.32 Å². The summed E-state index contributed by atoms with van der Waals surface area (Å²) >= 11 is 0. The van der Waals surface area contributed by atoms with Crippen molar-refractivity contribution in [3.63, 3.8) is 0 Å². The number of amides is 1. The summed E-state index contributed by atoms with van der Waals surface area (Å²) in [6.45, 7) is 0.711. The number of nitrogens with one attached hydrogen (secondary N) is 1. The molecule has 0 aliphatic carbocycles. The van der Waals surface area contributed by atoms with Crippen LogP contribution in [0.2, 0.25) is 0 Å². The molecule has 0 saturated heterocycles. The zero-order chi connectivity index (χ0) is 14.2. The smallest absolute Gasteiger partial charge is 0.407 e. The van der Waals surface area contributed by atoms with E-state index in [0.717, 1.165) is 11.1 Å². The summed E-state index contributed by atoms with van der Waals surface area (Å²) in [7, 11) is 0. The maximum absolute atomic E-state index is 12.7. The number of rotatable bonds is 5. The van der Waals surface area contributed by atoms with Crippen molar-refractivity contribution in [2.45, 2.75) is 13.0 Å². The van der Waals surface area contributed by atoms with E-state index in [0.29, 0.717) is 13.0 Å². The largest absolute Gasteiger partial charge is 0.445 e. The highest BCUT2D eigenvalue weighted by Crippen LogP contribution is 2.03. The molecular formula is C16H16FNO2. The first kappa shape index (κ1) is 14.1. The number of alkyl carbamates (subject to hydrolysis) is 1. The Balaban J connectivity index is 1.66. The van der Waals surface area contributed by atoms with Crippen LogP contribution in [0, 0.1) is 5.82 Å². The fourth-order valence-corrected chi connectivity index (χ4v) is 1.73.